The Kier molecular flexibility index (Phi) is 3.19. The molecule has 0 saturated carbocycles. The minimum Gasteiger partial charge on any atom is -0.376 e. The molecule has 2 aromatic heterocycles. The van der Waals surface area contributed by atoms with Gasteiger partial charge in [-0.3, -0.25) is 9.89 Å². The third-order valence-electron chi connectivity index (χ3n) is 3.69. The Morgan fingerprint density at radius 3 is 3.43 bits per heavy atom. The Balaban J connectivity index is 1.44. The molecular weight excluding hydrogens is 290 g/mol. The number of aromatic nitrogens is 4. The summed E-state index contributed by atoms with van der Waals surface area (Å²) < 4.78 is 7.51. The summed E-state index contributed by atoms with van der Waals surface area (Å²) in [5.74, 6) is 0.896. The number of amides is 1. The van der Waals surface area contributed by atoms with Crippen LogP contribution in [0.2, 0.25) is 0 Å². The maximum absolute atomic E-state index is 12.2. The number of aryl methyl sites for hydroxylation is 1. The second-order valence-electron chi connectivity index (χ2n) is 5.07. The molecule has 0 aliphatic carbocycles. The maximum Gasteiger partial charge on any atom is 0.272 e. The molecule has 4 heterocycles. The van der Waals surface area contributed by atoms with Gasteiger partial charge in [0.05, 0.1) is 25.5 Å². The van der Waals surface area contributed by atoms with Gasteiger partial charge in [0.25, 0.3) is 5.91 Å². The molecule has 2 aliphatic heterocycles. The molecule has 0 radical (unpaired) electrons. The van der Waals surface area contributed by atoms with Gasteiger partial charge in [-0.2, -0.15) is 5.10 Å². The number of hydrogen-bond donors (Lipinski definition) is 2. The summed E-state index contributed by atoms with van der Waals surface area (Å²) in [6.45, 7) is 2.53. The van der Waals surface area contributed by atoms with Crippen molar-refractivity contribution in [3.05, 3.63) is 28.8 Å². The fraction of sp³-hybridized carbons (Fsp3) is 0.462. The SMILES string of the molecule is O=C(NCc1cn2c(n1)SCC2)c1n[nH]c2c1COCC2. The van der Waals surface area contributed by atoms with Crippen LogP contribution in [0.3, 0.4) is 0 Å². The first-order chi connectivity index (χ1) is 10.3. The Labute approximate surface area is 125 Å². The number of H-pyrrole nitrogens is 1. The highest BCUT2D eigenvalue weighted by atomic mass is 32.2. The lowest BCUT2D eigenvalue weighted by atomic mass is 10.1. The predicted octanol–water partition coefficient (Wildman–Crippen LogP) is 0.715. The van der Waals surface area contributed by atoms with Crippen LogP contribution in [0.1, 0.15) is 27.4 Å². The van der Waals surface area contributed by atoms with Crippen molar-refractivity contribution in [2.75, 3.05) is 12.4 Å². The molecule has 21 heavy (non-hydrogen) atoms. The topological polar surface area (TPSA) is 84.8 Å². The van der Waals surface area contributed by atoms with E-state index in [1.165, 1.54) is 0 Å². The third-order valence-corrected chi connectivity index (χ3v) is 4.66. The quantitative estimate of drug-likeness (QED) is 0.872. The average molecular weight is 305 g/mol. The van der Waals surface area contributed by atoms with Gasteiger partial charge < -0.3 is 14.6 Å². The highest BCUT2D eigenvalue weighted by Crippen LogP contribution is 2.24. The molecule has 1 amide bonds. The van der Waals surface area contributed by atoms with Gasteiger partial charge in [0.15, 0.2) is 10.9 Å². The Morgan fingerprint density at radius 2 is 2.52 bits per heavy atom. The van der Waals surface area contributed by atoms with Crippen LogP contribution in [0.5, 0.6) is 0 Å². The molecule has 0 bridgehead atoms. The molecular formula is C13H15N5O2S. The van der Waals surface area contributed by atoms with Gasteiger partial charge in [-0.25, -0.2) is 4.98 Å². The van der Waals surface area contributed by atoms with Crippen molar-refractivity contribution in [3.63, 3.8) is 0 Å². The first-order valence-electron chi connectivity index (χ1n) is 6.92. The number of nitrogens with one attached hydrogen (secondary N) is 2. The van der Waals surface area contributed by atoms with Gasteiger partial charge in [0.2, 0.25) is 0 Å². The number of hydrogen-bond acceptors (Lipinski definition) is 5. The fourth-order valence-electron chi connectivity index (χ4n) is 2.60. The third kappa shape index (κ3) is 2.34. The number of ether oxygens (including phenoxy) is 1. The zero-order chi connectivity index (χ0) is 14.2. The minimum atomic E-state index is -0.182. The van der Waals surface area contributed by atoms with Gasteiger partial charge in [-0.15, -0.1) is 0 Å². The molecule has 8 heteroatoms. The number of fused-ring (bicyclic) bond motifs is 2. The molecule has 7 nitrogen and oxygen atoms in total. The highest BCUT2D eigenvalue weighted by molar-refractivity contribution is 7.99. The van der Waals surface area contributed by atoms with Gasteiger partial charge in [-0.05, 0) is 0 Å². The predicted molar refractivity (Wildman–Crippen MR) is 76.1 cm³/mol. The van der Waals surface area contributed by atoms with Crippen LogP contribution in [0, 0.1) is 0 Å². The van der Waals surface area contributed by atoms with Gasteiger partial charge >= 0.3 is 0 Å². The van der Waals surface area contributed by atoms with Crippen LogP contribution in [0.25, 0.3) is 0 Å². The van der Waals surface area contributed by atoms with E-state index in [1.54, 1.807) is 11.8 Å². The molecule has 2 aliphatic rings. The lowest BCUT2D eigenvalue weighted by Crippen LogP contribution is -2.25. The molecule has 110 valence electrons. The van der Waals surface area contributed by atoms with Gasteiger partial charge in [0.1, 0.15) is 0 Å². The summed E-state index contributed by atoms with van der Waals surface area (Å²) in [6, 6.07) is 0. The molecule has 0 atom stereocenters. The smallest absolute Gasteiger partial charge is 0.272 e. The van der Waals surface area contributed by atoms with Crippen LogP contribution >= 0.6 is 11.8 Å². The average Bonchev–Trinajstić information content (AvgIpc) is 3.18. The number of thioether (sulfide) groups is 1. The van der Waals surface area contributed by atoms with Gasteiger partial charge in [-0.1, -0.05) is 11.8 Å². The monoisotopic (exact) mass is 305 g/mol. The number of aromatic amines is 1. The van der Waals surface area contributed by atoms with Crippen molar-refractivity contribution in [2.45, 2.75) is 31.3 Å². The molecule has 0 fully saturated rings. The molecule has 0 aromatic carbocycles. The van der Waals surface area contributed by atoms with Crippen LogP contribution in [0.15, 0.2) is 11.4 Å². The summed E-state index contributed by atoms with van der Waals surface area (Å²) in [7, 11) is 0. The highest BCUT2D eigenvalue weighted by Gasteiger charge is 2.22. The molecule has 4 rings (SSSR count). The Hall–Kier alpha value is -1.80. The largest absolute Gasteiger partial charge is 0.376 e. The molecule has 2 N–H and O–H groups in total. The van der Waals surface area contributed by atoms with E-state index in [9.17, 15) is 4.79 Å². The van der Waals surface area contributed by atoms with Crippen LogP contribution in [-0.4, -0.2) is 38.0 Å². The van der Waals surface area contributed by atoms with Crippen molar-refractivity contribution in [3.8, 4) is 0 Å². The zero-order valence-electron chi connectivity index (χ0n) is 11.4. The Morgan fingerprint density at radius 1 is 1.57 bits per heavy atom. The number of carbonyl (C=O) groups excluding carboxylic acids is 1. The van der Waals surface area contributed by atoms with Gasteiger partial charge in [0, 0.05) is 36.2 Å². The normalized spacial score (nSPS) is 16.6. The second kappa shape index (κ2) is 5.19. The number of imidazole rings is 1. The standard InChI is InChI=1S/C13H15N5O2S/c19-12(11-9-7-20-3-1-10(9)16-17-11)14-5-8-6-18-2-4-21-13(18)15-8/h6H,1-5,7H2,(H,14,19)(H,16,17). The lowest BCUT2D eigenvalue weighted by Gasteiger charge is -2.12. The summed E-state index contributed by atoms with van der Waals surface area (Å²) in [6.07, 6.45) is 2.78. The summed E-state index contributed by atoms with van der Waals surface area (Å²) in [5, 5.41) is 10.9. The number of nitrogens with zero attached hydrogens (tertiary/aromatic N) is 3. The summed E-state index contributed by atoms with van der Waals surface area (Å²) in [5.41, 5.74) is 3.20. The lowest BCUT2D eigenvalue weighted by molar-refractivity contribution is 0.0922. The Bertz CT molecular complexity index is 671. The molecule has 0 unspecified atom stereocenters. The summed E-state index contributed by atoms with van der Waals surface area (Å²) >= 11 is 1.74. The van der Waals surface area contributed by atoms with E-state index < -0.39 is 0 Å². The first kappa shape index (κ1) is 12.9. The van der Waals surface area contributed by atoms with E-state index in [1.807, 2.05) is 6.20 Å². The van der Waals surface area contributed by atoms with E-state index in [0.717, 1.165) is 40.8 Å². The van der Waals surface area contributed by atoms with E-state index in [0.29, 0.717) is 25.5 Å². The minimum absolute atomic E-state index is 0.182. The first-order valence-corrected chi connectivity index (χ1v) is 7.91. The number of rotatable bonds is 3. The van der Waals surface area contributed by atoms with Crippen LogP contribution < -0.4 is 5.32 Å². The van der Waals surface area contributed by atoms with Crippen molar-refractivity contribution in [2.24, 2.45) is 0 Å². The van der Waals surface area contributed by atoms with Crippen molar-refractivity contribution in [1.82, 2.24) is 25.1 Å². The van der Waals surface area contributed by atoms with Crippen molar-refractivity contribution in [1.29, 1.82) is 0 Å². The molecule has 0 saturated heterocycles. The van der Waals surface area contributed by atoms with E-state index in [-0.39, 0.29) is 5.91 Å². The van der Waals surface area contributed by atoms with E-state index >= 15 is 0 Å². The van der Waals surface area contributed by atoms with E-state index in [2.05, 4.69) is 25.1 Å². The second-order valence-corrected chi connectivity index (χ2v) is 6.13. The van der Waals surface area contributed by atoms with Crippen molar-refractivity contribution < 1.29 is 9.53 Å². The zero-order valence-corrected chi connectivity index (χ0v) is 12.2. The molecule has 0 spiro atoms. The fourth-order valence-corrected chi connectivity index (χ4v) is 3.56. The van der Waals surface area contributed by atoms with Crippen LogP contribution in [-0.2, 0) is 30.9 Å². The van der Waals surface area contributed by atoms with Crippen LogP contribution in [0.4, 0.5) is 0 Å². The van der Waals surface area contributed by atoms with E-state index in [4.69, 9.17) is 4.74 Å². The maximum atomic E-state index is 12.2. The van der Waals surface area contributed by atoms with Crippen molar-refractivity contribution >= 4 is 17.7 Å². The summed E-state index contributed by atoms with van der Waals surface area (Å²) in [4.78, 5) is 16.7. The molecule has 2 aromatic rings. The number of carbonyl (C=O) groups is 1.